The van der Waals surface area contributed by atoms with Gasteiger partial charge in [-0.05, 0) is 30.3 Å². The SMILES string of the molecule is CCc1ccc(C(=O)Nc2cccc(NC(C)=O)c2)o1. The lowest BCUT2D eigenvalue weighted by Crippen LogP contribution is -2.11. The van der Waals surface area contributed by atoms with Crippen LogP contribution in [0.3, 0.4) is 0 Å². The molecule has 0 bridgehead atoms. The van der Waals surface area contributed by atoms with Gasteiger partial charge in [-0.1, -0.05) is 13.0 Å². The molecular weight excluding hydrogens is 256 g/mol. The molecule has 2 N–H and O–H groups in total. The number of hydrogen-bond acceptors (Lipinski definition) is 3. The summed E-state index contributed by atoms with van der Waals surface area (Å²) in [6.45, 7) is 3.39. The number of anilines is 2. The minimum absolute atomic E-state index is 0.160. The Labute approximate surface area is 117 Å². The summed E-state index contributed by atoms with van der Waals surface area (Å²) >= 11 is 0. The summed E-state index contributed by atoms with van der Waals surface area (Å²) in [5.74, 6) is 0.561. The number of rotatable bonds is 4. The summed E-state index contributed by atoms with van der Waals surface area (Å²) in [5.41, 5.74) is 1.22. The van der Waals surface area contributed by atoms with E-state index in [1.54, 1.807) is 36.4 Å². The monoisotopic (exact) mass is 272 g/mol. The van der Waals surface area contributed by atoms with E-state index in [4.69, 9.17) is 4.42 Å². The number of benzene rings is 1. The maximum atomic E-state index is 12.0. The number of carbonyl (C=O) groups is 2. The van der Waals surface area contributed by atoms with E-state index in [9.17, 15) is 9.59 Å². The first-order valence-corrected chi connectivity index (χ1v) is 6.36. The summed E-state index contributed by atoms with van der Waals surface area (Å²) in [4.78, 5) is 23.0. The van der Waals surface area contributed by atoms with Crippen molar-refractivity contribution in [1.82, 2.24) is 0 Å². The second-order valence-corrected chi connectivity index (χ2v) is 4.34. The van der Waals surface area contributed by atoms with Crippen molar-refractivity contribution in [3.05, 3.63) is 47.9 Å². The molecule has 5 nitrogen and oxygen atoms in total. The van der Waals surface area contributed by atoms with Crippen molar-refractivity contribution < 1.29 is 14.0 Å². The third-order valence-electron chi connectivity index (χ3n) is 2.67. The maximum absolute atomic E-state index is 12.0. The smallest absolute Gasteiger partial charge is 0.291 e. The zero-order valence-electron chi connectivity index (χ0n) is 11.4. The Morgan fingerprint density at radius 1 is 1.10 bits per heavy atom. The van der Waals surface area contributed by atoms with Gasteiger partial charge in [0.2, 0.25) is 5.91 Å². The zero-order valence-corrected chi connectivity index (χ0v) is 11.4. The highest BCUT2D eigenvalue weighted by Gasteiger charge is 2.11. The first-order valence-electron chi connectivity index (χ1n) is 6.36. The van der Waals surface area contributed by atoms with E-state index in [1.807, 2.05) is 6.92 Å². The van der Waals surface area contributed by atoms with E-state index < -0.39 is 0 Å². The van der Waals surface area contributed by atoms with Gasteiger partial charge in [0.05, 0.1) is 0 Å². The van der Waals surface area contributed by atoms with E-state index in [-0.39, 0.29) is 17.6 Å². The maximum Gasteiger partial charge on any atom is 0.291 e. The Morgan fingerprint density at radius 2 is 1.80 bits per heavy atom. The van der Waals surface area contributed by atoms with Gasteiger partial charge in [0, 0.05) is 24.7 Å². The minimum Gasteiger partial charge on any atom is -0.456 e. The lowest BCUT2D eigenvalue weighted by molar-refractivity contribution is -0.114. The molecule has 0 aliphatic rings. The van der Waals surface area contributed by atoms with Crippen LogP contribution in [0.2, 0.25) is 0 Å². The van der Waals surface area contributed by atoms with Crippen LogP contribution >= 0.6 is 0 Å². The van der Waals surface area contributed by atoms with E-state index >= 15 is 0 Å². The number of nitrogens with one attached hydrogen (secondary N) is 2. The molecule has 1 heterocycles. The number of aryl methyl sites for hydroxylation is 1. The Morgan fingerprint density at radius 3 is 2.40 bits per heavy atom. The van der Waals surface area contributed by atoms with Crippen LogP contribution in [-0.2, 0) is 11.2 Å². The zero-order chi connectivity index (χ0) is 14.5. The fourth-order valence-electron chi connectivity index (χ4n) is 1.76. The average Bonchev–Trinajstić information content (AvgIpc) is 2.87. The van der Waals surface area contributed by atoms with Gasteiger partial charge < -0.3 is 15.1 Å². The van der Waals surface area contributed by atoms with Gasteiger partial charge in [0.15, 0.2) is 5.76 Å². The van der Waals surface area contributed by atoms with Crippen LogP contribution in [0.15, 0.2) is 40.8 Å². The van der Waals surface area contributed by atoms with Crippen molar-refractivity contribution in [1.29, 1.82) is 0 Å². The number of amides is 2. The molecule has 2 aromatic rings. The fourth-order valence-corrected chi connectivity index (χ4v) is 1.76. The van der Waals surface area contributed by atoms with Crippen molar-refractivity contribution in [3.8, 4) is 0 Å². The van der Waals surface area contributed by atoms with Crippen LogP contribution < -0.4 is 10.6 Å². The molecule has 0 spiro atoms. The van der Waals surface area contributed by atoms with Gasteiger partial charge in [0.1, 0.15) is 5.76 Å². The first-order chi connectivity index (χ1) is 9.58. The highest BCUT2D eigenvalue weighted by atomic mass is 16.3. The van der Waals surface area contributed by atoms with E-state index in [0.717, 1.165) is 12.2 Å². The molecule has 1 aromatic heterocycles. The molecule has 2 amide bonds. The van der Waals surface area contributed by atoms with Crippen LogP contribution in [0.25, 0.3) is 0 Å². The molecule has 0 atom stereocenters. The summed E-state index contributed by atoms with van der Waals surface area (Å²) in [6, 6.07) is 10.4. The van der Waals surface area contributed by atoms with Crippen molar-refractivity contribution in [2.24, 2.45) is 0 Å². The van der Waals surface area contributed by atoms with Crippen molar-refractivity contribution in [2.45, 2.75) is 20.3 Å². The Kier molecular flexibility index (Phi) is 4.20. The molecule has 104 valence electrons. The van der Waals surface area contributed by atoms with E-state index in [2.05, 4.69) is 10.6 Å². The van der Waals surface area contributed by atoms with Crippen LogP contribution in [0.5, 0.6) is 0 Å². The van der Waals surface area contributed by atoms with Gasteiger partial charge in [0.25, 0.3) is 5.91 Å². The molecule has 0 saturated heterocycles. The lowest BCUT2D eigenvalue weighted by Gasteiger charge is -2.06. The van der Waals surface area contributed by atoms with Crippen molar-refractivity contribution in [3.63, 3.8) is 0 Å². The van der Waals surface area contributed by atoms with Crippen molar-refractivity contribution in [2.75, 3.05) is 10.6 Å². The van der Waals surface area contributed by atoms with Gasteiger partial charge in [-0.15, -0.1) is 0 Å². The second-order valence-electron chi connectivity index (χ2n) is 4.34. The molecule has 0 fully saturated rings. The third kappa shape index (κ3) is 3.47. The average molecular weight is 272 g/mol. The molecule has 2 rings (SSSR count). The van der Waals surface area contributed by atoms with Gasteiger partial charge in [-0.25, -0.2) is 0 Å². The van der Waals surface area contributed by atoms with Crippen LogP contribution in [-0.4, -0.2) is 11.8 Å². The van der Waals surface area contributed by atoms with Gasteiger partial charge in [-0.3, -0.25) is 9.59 Å². The van der Waals surface area contributed by atoms with Crippen LogP contribution in [0.4, 0.5) is 11.4 Å². The Balaban J connectivity index is 2.09. The predicted molar refractivity (Wildman–Crippen MR) is 76.8 cm³/mol. The highest BCUT2D eigenvalue weighted by molar-refractivity contribution is 6.02. The highest BCUT2D eigenvalue weighted by Crippen LogP contribution is 2.17. The van der Waals surface area contributed by atoms with Crippen LogP contribution in [0, 0.1) is 0 Å². The lowest BCUT2D eigenvalue weighted by atomic mass is 10.2. The topological polar surface area (TPSA) is 71.3 Å². The Bertz CT molecular complexity index is 632. The van der Waals surface area contributed by atoms with Gasteiger partial charge >= 0.3 is 0 Å². The molecular formula is C15H16N2O3. The standard InChI is InChI=1S/C15H16N2O3/c1-3-13-7-8-14(20-13)15(19)17-12-6-4-5-11(9-12)16-10(2)18/h4-9H,3H2,1-2H3,(H,16,18)(H,17,19). The van der Waals surface area contributed by atoms with Crippen molar-refractivity contribution >= 4 is 23.2 Å². The summed E-state index contributed by atoms with van der Waals surface area (Å²) in [6.07, 6.45) is 0.741. The summed E-state index contributed by atoms with van der Waals surface area (Å²) < 4.78 is 5.38. The molecule has 0 radical (unpaired) electrons. The molecule has 1 aromatic carbocycles. The Hall–Kier alpha value is -2.56. The molecule has 0 unspecified atom stereocenters. The predicted octanol–water partition coefficient (Wildman–Crippen LogP) is 3.05. The fraction of sp³-hybridized carbons (Fsp3) is 0.200. The van der Waals surface area contributed by atoms with E-state index in [0.29, 0.717) is 11.4 Å². The summed E-state index contributed by atoms with van der Waals surface area (Å²) in [7, 11) is 0. The molecule has 20 heavy (non-hydrogen) atoms. The molecule has 5 heteroatoms. The molecule has 0 saturated carbocycles. The van der Waals surface area contributed by atoms with Gasteiger partial charge in [-0.2, -0.15) is 0 Å². The van der Waals surface area contributed by atoms with E-state index in [1.165, 1.54) is 6.92 Å². The quantitative estimate of drug-likeness (QED) is 0.898. The summed E-state index contributed by atoms with van der Waals surface area (Å²) in [5, 5.41) is 5.38. The largest absolute Gasteiger partial charge is 0.456 e. The second kappa shape index (κ2) is 6.06. The number of hydrogen-bond donors (Lipinski definition) is 2. The third-order valence-corrected chi connectivity index (χ3v) is 2.67. The normalized spacial score (nSPS) is 10.1. The molecule has 0 aliphatic heterocycles. The minimum atomic E-state index is -0.315. The molecule has 0 aliphatic carbocycles. The van der Waals surface area contributed by atoms with Crippen LogP contribution in [0.1, 0.15) is 30.2 Å². The first kappa shape index (κ1) is 13.9. The number of carbonyl (C=O) groups excluding carboxylic acids is 2. The number of furan rings is 1.